The number of thiazole rings is 1. The van der Waals surface area contributed by atoms with E-state index in [1.54, 1.807) is 0 Å². The molecule has 0 atom stereocenters. The number of aryl methyl sites for hydroxylation is 1. The van der Waals surface area contributed by atoms with Crippen LogP contribution in [0.5, 0.6) is 0 Å². The molecule has 0 amide bonds. The van der Waals surface area contributed by atoms with Crippen molar-refractivity contribution in [2.45, 2.75) is 31.0 Å². The van der Waals surface area contributed by atoms with Crippen LogP contribution >= 0.6 is 27.3 Å². The van der Waals surface area contributed by atoms with Gasteiger partial charge in [0.05, 0.1) is 10.7 Å². The summed E-state index contributed by atoms with van der Waals surface area (Å²) in [6.45, 7) is 2.10. The highest BCUT2D eigenvalue weighted by Crippen LogP contribution is 2.42. The molecular weight excluding hydrogens is 222 g/mol. The third kappa shape index (κ3) is 1.49. The van der Waals surface area contributed by atoms with Gasteiger partial charge in [0.15, 0.2) is 0 Å². The largest absolute Gasteiger partial charge is 0.246 e. The first kappa shape index (κ1) is 7.74. The normalized spacial score (nSPS) is 17.3. The summed E-state index contributed by atoms with van der Waals surface area (Å²) >= 11 is 5.33. The highest BCUT2D eigenvalue weighted by Gasteiger charge is 2.27. The quantitative estimate of drug-likeness (QED) is 0.713. The molecular formula is C8H10BrNS. The van der Waals surface area contributed by atoms with Crippen LogP contribution in [0, 0.1) is 6.92 Å². The lowest BCUT2D eigenvalue weighted by atomic mass is 10.4. The Morgan fingerprint density at radius 3 is 2.82 bits per heavy atom. The Balaban J connectivity index is 2.28. The van der Waals surface area contributed by atoms with E-state index in [1.165, 1.54) is 28.4 Å². The van der Waals surface area contributed by atoms with Crippen LogP contribution in [-0.2, 0) is 5.33 Å². The molecule has 2 rings (SSSR count). The Morgan fingerprint density at radius 2 is 2.36 bits per heavy atom. The minimum atomic E-state index is 0.812. The molecule has 11 heavy (non-hydrogen) atoms. The van der Waals surface area contributed by atoms with Crippen LogP contribution in [0.15, 0.2) is 0 Å². The van der Waals surface area contributed by atoms with E-state index in [2.05, 4.69) is 27.8 Å². The van der Waals surface area contributed by atoms with E-state index < -0.39 is 0 Å². The average Bonchev–Trinajstić information content (AvgIpc) is 2.76. The van der Waals surface area contributed by atoms with Crippen molar-refractivity contribution in [3.05, 3.63) is 15.6 Å². The van der Waals surface area contributed by atoms with E-state index in [9.17, 15) is 0 Å². The fourth-order valence-electron chi connectivity index (χ4n) is 1.08. The van der Waals surface area contributed by atoms with Crippen molar-refractivity contribution < 1.29 is 0 Å². The highest BCUT2D eigenvalue weighted by atomic mass is 79.9. The number of nitrogens with zero attached hydrogens (tertiary/aromatic N) is 1. The number of hydrogen-bond acceptors (Lipinski definition) is 2. The maximum Gasteiger partial charge on any atom is 0.0962 e. The Bertz CT molecular complexity index is 265. The van der Waals surface area contributed by atoms with Gasteiger partial charge in [0.2, 0.25) is 0 Å². The van der Waals surface area contributed by atoms with Crippen molar-refractivity contribution in [3.63, 3.8) is 0 Å². The minimum absolute atomic E-state index is 0.812. The molecule has 60 valence electrons. The monoisotopic (exact) mass is 231 g/mol. The zero-order chi connectivity index (χ0) is 7.84. The van der Waals surface area contributed by atoms with Crippen LogP contribution in [0.3, 0.4) is 0 Å². The van der Waals surface area contributed by atoms with E-state index in [4.69, 9.17) is 0 Å². The number of hydrogen-bond donors (Lipinski definition) is 0. The second-order valence-electron chi connectivity index (χ2n) is 2.97. The smallest absolute Gasteiger partial charge is 0.0962 e. The van der Waals surface area contributed by atoms with Gasteiger partial charge in [-0.25, -0.2) is 4.98 Å². The molecule has 1 aromatic heterocycles. The summed E-state index contributed by atoms with van der Waals surface area (Å²) in [5.41, 5.74) is 1.22. The molecule has 0 aromatic carbocycles. The molecule has 0 spiro atoms. The van der Waals surface area contributed by atoms with Gasteiger partial charge in [-0.2, -0.15) is 0 Å². The predicted molar refractivity (Wildman–Crippen MR) is 51.5 cm³/mol. The molecule has 0 N–H and O–H groups in total. The second kappa shape index (κ2) is 2.87. The van der Waals surface area contributed by atoms with Gasteiger partial charge in [0.1, 0.15) is 0 Å². The summed E-state index contributed by atoms with van der Waals surface area (Å²) in [4.78, 5) is 5.93. The predicted octanol–water partition coefficient (Wildman–Crippen LogP) is 3.22. The molecule has 1 aliphatic carbocycles. The van der Waals surface area contributed by atoms with Crippen LogP contribution in [0.4, 0.5) is 0 Å². The molecule has 0 unspecified atom stereocenters. The van der Waals surface area contributed by atoms with E-state index in [-0.39, 0.29) is 0 Å². The van der Waals surface area contributed by atoms with Crippen molar-refractivity contribution >= 4 is 27.3 Å². The fraction of sp³-hybridized carbons (Fsp3) is 0.625. The molecule has 0 bridgehead atoms. The molecule has 0 saturated heterocycles. The summed E-state index contributed by atoms with van der Waals surface area (Å²) in [6, 6.07) is 0. The van der Waals surface area contributed by atoms with Gasteiger partial charge in [-0.15, -0.1) is 11.3 Å². The summed E-state index contributed by atoms with van der Waals surface area (Å²) in [5, 5.41) is 2.32. The van der Waals surface area contributed by atoms with Gasteiger partial charge in [-0.1, -0.05) is 15.9 Å². The topological polar surface area (TPSA) is 12.9 Å². The lowest BCUT2D eigenvalue weighted by molar-refractivity contribution is 1.05. The first-order valence-corrected chi connectivity index (χ1v) is 5.77. The van der Waals surface area contributed by atoms with Crippen molar-refractivity contribution in [1.29, 1.82) is 0 Å². The molecule has 1 nitrogen and oxygen atoms in total. The lowest BCUT2D eigenvalue weighted by Gasteiger charge is -1.84. The van der Waals surface area contributed by atoms with Crippen LogP contribution in [0.1, 0.15) is 34.3 Å². The van der Waals surface area contributed by atoms with Gasteiger partial charge in [0, 0.05) is 16.1 Å². The third-order valence-electron chi connectivity index (χ3n) is 1.96. The highest BCUT2D eigenvalue weighted by molar-refractivity contribution is 9.08. The SMILES string of the molecule is Cc1nc(C2CC2)sc1CBr. The molecule has 1 heterocycles. The van der Waals surface area contributed by atoms with E-state index >= 15 is 0 Å². The molecule has 1 aliphatic rings. The van der Waals surface area contributed by atoms with E-state index in [0.717, 1.165) is 11.2 Å². The van der Waals surface area contributed by atoms with Crippen LogP contribution in [0.25, 0.3) is 0 Å². The minimum Gasteiger partial charge on any atom is -0.246 e. The first-order chi connectivity index (χ1) is 5.31. The van der Waals surface area contributed by atoms with Gasteiger partial charge in [-0.3, -0.25) is 0 Å². The van der Waals surface area contributed by atoms with Crippen LogP contribution in [0.2, 0.25) is 0 Å². The van der Waals surface area contributed by atoms with Gasteiger partial charge in [0.25, 0.3) is 0 Å². The standard InChI is InChI=1S/C8H10BrNS/c1-5-7(4-9)11-8(10-5)6-2-3-6/h6H,2-4H2,1H3. The second-order valence-corrected chi connectivity index (χ2v) is 4.64. The molecule has 1 fully saturated rings. The molecule has 0 radical (unpaired) electrons. The Labute approximate surface area is 79.0 Å². The van der Waals surface area contributed by atoms with Gasteiger partial charge < -0.3 is 0 Å². The number of rotatable bonds is 2. The molecule has 3 heteroatoms. The van der Waals surface area contributed by atoms with E-state index in [0.29, 0.717) is 0 Å². The maximum absolute atomic E-state index is 4.53. The van der Waals surface area contributed by atoms with Gasteiger partial charge in [-0.05, 0) is 19.8 Å². The van der Waals surface area contributed by atoms with Crippen molar-refractivity contribution in [2.75, 3.05) is 0 Å². The summed E-state index contributed by atoms with van der Waals surface area (Å²) in [6.07, 6.45) is 2.71. The number of alkyl halides is 1. The molecule has 1 aromatic rings. The summed E-state index contributed by atoms with van der Waals surface area (Å²) in [7, 11) is 0. The van der Waals surface area contributed by atoms with Crippen molar-refractivity contribution in [3.8, 4) is 0 Å². The van der Waals surface area contributed by atoms with Crippen molar-refractivity contribution in [1.82, 2.24) is 4.98 Å². The lowest BCUT2D eigenvalue weighted by Crippen LogP contribution is -1.77. The maximum atomic E-state index is 4.53. The van der Waals surface area contributed by atoms with Crippen LogP contribution in [-0.4, -0.2) is 4.98 Å². The molecule has 0 aliphatic heterocycles. The van der Waals surface area contributed by atoms with Crippen LogP contribution < -0.4 is 0 Å². The molecule has 1 saturated carbocycles. The zero-order valence-corrected chi connectivity index (χ0v) is 8.83. The average molecular weight is 232 g/mol. The Kier molecular flexibility index (Phi) is 2.02. The number of halogens is 1. The first-order valence-electron chi connectivity index (χ1n) is 3.83. The van der Waals surface area contributed by atoms with Crippen molar-refractivity contribution in [2.24, 2.45) is 0 Å². The van der Waals surface area contributed by atoms with E-state index in [1.807, 2.05) is 11.3 Å². The zero-order valence-electron chi connectivity index (χ0n) is 6.43. The Hall–Kier alpha value is 0.110. The summed E-state index contributed by atoms with van der Waals surface area (Å²) in [5.74, 6) is 0.812. The fourth-order valence-corrected chi connectivity index (χ4v) is 2.91. The number of aromatic nitrogens is 1. The van der Waals surface area contributed by atoms with Gasteiger partial charge >= 0.3 is 0 Å². The Morgan fingerprint density at radius 1 is 1.64 bits per heavy atom. The third-order valence-corrected chi connectivity index (χ3v) is 4.21. The summed E-state index contributed by atoms with van der Waals surface area (Å²) < 4.78 is 0.